The van der Waals surface area contributed by atoms with Crippen molar-refractivity contribution in [2.24, 2.45) is 5.92 Å². The van der Waals surface area contributed by atoms with E-state index in [2.05, 4.69) is 95.7 Å². The summed E-state index contributed by atoms with van der Waals surface area (Å²) in [4.78, 5) is 52.6. The minimum absolute atomic E-state index is 0.310. The second-order valence-electron chi connectivity index (χ2n) is 7.20. The van der Waals surface area contributed by atoms with E-state index in [4.69, 9.17) is 4.74 Å². The van der Waals surface area contributed by atoms with Gasteiger partial charge in [-0.2, -0.15) is 0 Å². The van der Waals surface area contributed by atoms with E-state index in [-0.39, 0.29) is 0 Å². The monoisotopic (exact) mass is 884 g/mol. The van der Waals surface area contributed by atoms with Gasteiger partial charge in [0.05, 0.1) is 11.1 Å². The van der Waals surface area contributed by atoms with Crippen LogP contribution in [0.3, 0.4) is 0 Å². The zero-order valence-corrected chi connectivity index (χ0v) is 25.4. The summed E-state index contributed by atoms with van der Waals surface area (Å²) in [6.45, 7) is 2.93. The average Bonchev–Trinajstić information content (AvgIpc) is 3.00. The molecule has 1 aliphatic heterocycles. The first kappa shape index (κ1) is 26.1. The number of benzene rings is 2. The number of carbonyl (C=O) groups is 4. The Bertz CT molecular complexity index is 1070. The third-order valence-corrected chi connectivity index (χ3v) is 12.1. The zero-order valence-electron chi connectivity index (χ0n) is 16.7. The molecule has 0 aromatic heterocycles. The molecule has 0 unspecified atom stereocenters. The molecule has 0 aliphatic carbocycles. The summed E-state index contributed by atoms with van der Waals surface area (Å²) in [6, 6.07) is 7.63. The number of imide groups is 1. The Morgan fingerprint density at radius 1 is 0.906 bits per heavy atom. The van der Waals surface area contributed by atoms with Crippen molar-refractivity contribution in [3.63, 3.8) is 0 Å². The maximum atomic E-state index is 13.3. The van der Waals surface area contributed by atoms with Crippen LogP contribution in [0.4, 0.5) is 5.69 Å². The molecular formula is C21H16I4N2O5. The van der Waals surface area contributed by atoms with E-state index in [1.807, 2.05) is 6.07 Å². The van der Waals surface area contributed by atoms with Gasteiger partial charge in [-0.25, -0.2) is 4.79 Å². The number of esters is 1. The quantitative estimate of drug-likeness (QED) is 0.147. The number of rotatable bonds is 6. The standard InChI is InChI=1S/C21H16I4N2O5/c1-9(2)18(21(31)32-8-11(28)26-10-6-4-3-5-7-10)27-19(29)12-13(20(27)30)15(23)17(25)16(24)14(12)22/h3-7,9,18H,8H2,1-2H3,(H,26,28)/t18-/m1/s1. The highest BCUT2D eigenvalue weighted by Gasteiger charge is 2.47. The molecule has 32 heavy (non-hydrogen) atoms. The third kappa shape index (κ3) is 5.08. The van der Waals surface area contributed by atoms with Crippen molar-refractivity contribution in [2.45, 2.75) is 19.9 Å². The number of fused-ring (bicyclic) bond motifs is 1. The van der Waals surface area contributed by atoms with Crippen molar-refractivity contribution in [1.82, 2.24) is 4.90 Å². The molecule has 168 valence electrons. The molecule has 0 bridgehead atoms. The fourth-order valence-corrected chi connectivity index (χ4v) is 6.89. The van der Waals surface area contributed by atoms with E-state index < -0.39 is 42.3 Å². The van der Waals surface area contributed by atoms with Crippen LogP contribution in [0, 0.1) is 20.2 Å². The molecule has 1 aliphatic rings. The van der Waals surface area contributed by atoms with Crippen LogP contribution in [0.15, 0.2) is 30.3 Å². The first-order chi connectivity index (χ1) is 15.1. The average molecular weight is 884 g/mol. The van der Waals surface area contributed by atoms with Crippen molar-refractivity contribution < 1.29 is 23.9 Å². The van der Waals surface area contributed by atoms with Crippen molar-refractivity contribution in [3.8, 4) is 0 Å². The SMILES string of the molecule is CC(C)[C@H](C(=O)OCC(=O)Nc1ccccc1)N1C(=O)c2c(I)c(I)c(I)c(I)c2C1=O. The Balaban J connectivity index is 1.82. The predicted octanol–water partition coefficient (Wildman–Crippen LogP) is 4.91. The number of nitrogens with one attached hydrogen (secondary N) is 1. The van der Waals surface area contributed by atoms with Crippen LogP contribution in [-0.2, 0) is 14.3 Å². The summed E-state index contributed by atoms with van der Waals surface area (Å²) in [5, 5.41) is 2.63. The molecule has 3 rings (SSSR count). The molecule has 0 saturated heterocycles. The molecule has 11 heteroatoms. The van der Waals surface area contributed by atoms with Gasteiger partial charge in [0.2, 0.25) is 0 Å². The lowest BCUT2D eigenvalue weighted by molar-refractivity contribution is -0.152. The fraction of sp³-hybridized carbons (Fsp3) is 0.238. The normalized spacial score (nSPS) is 13.9. The zero-order chi connectivity index (χ0) is 23.7. The van der Waals surface area contributed by atoms with Crippen LogP contribution in [0.5, 0.6) is 0 Å². The van der Waals surface area contributed by atoms with Crippen molar-refractivity contribution in [2.75, 3.05) is 11.9 Å². The van der Waals surface area contributed by atoms with Crippen LogP contribution in [0.2, 0.25) is 0 Å². The highest BCUT2D eigenvalue weighted by Crippen LogP contribution is 2.39. The summed E-state index contributed by atoms with van der Waals surface area (Å²) in [7, 11) is 0. The highest BCUT2D eigenvalue weighted by atomic mass is 127. The number of anilines is 1. The molecule has 3 amide bonds. The van der Waals surface area contributed by atoms with E-state index in [0.717, 1.165) is 12.0 Å². The van der Waals surface area contributed by atoms with Gasteiger partial charge < -0.3 is 10.1 Å². The van der Waals surface area contributed by atoms with Crippen LogP contribution in [0.25, 0.3) is 0 Å². The Morgan fingerprint density at radius 3 is 1.88 bits per heavy atom. The number of halogens is 4. The van der Waals surface area contributed by atoms with Gasteiger partial charge in [0.1, 0.15) is 6.04 Å². The highest BCUT2D eigenvalue weighted by molar-refractivity contribution is 14.1. The second kappa shape index (κ2) is 10.8. The van der Waals surface area contributed by atoms with Gasteiger partial charge in [0, 0.05) is 20.0 Å². The molecule has 2 aromatic rings. The van der Waals surface area contributed by atoms with Crippen molar-refractivity contribution in [3.05, 3.63) is 55.7 Å². The minimum Gasteiger partial charge on any atom is -0.454 e. The molecule has 1 heterocycles. The van der Waals surface area contributed by atoms with Gasteiger partial charge in [-0.3, -0.25) is 19.3 Å². The lowest BCUT2D eigenvalue weighted by atomic mass is 10.0. The van der Waals surface area contributed by atoms with Gasteiger partial charge in [-0.05, 0) is 108 Å². The van der Waals surface area contributed by atoms with E-state index in [1.165, 1.54) is 0 Å². The molecule has 0 radical (unpaired) electrons. The summed E-state index contributed by atoms with van der Waals surface area (Å²) in [5.74, 6) is -2.76. The molecule has 0 spiro atoms. The largest absolute Gasteiger partial charge is 0.454 e. The van der Waals surface area contributed by atoms with Crippen LogP contribution in [0.1, 0.15) is 34.6 Å². The Kier molecular flexibility index (Phi) is 8.79. The molecule has 2 aromatic carbocycles. The lowest BCUT2D eigenvalue weighted by Gasteiger charge is -2.27. The first-order valence-electron chi connectivity index (χ1n) is 9.31. The van der Waals surface area contributed by atoms with Gasteiger partial charge >= 0.3 is 5.97 Å². The number of carbonyl (C=O) groups excluding carboxylic acids is 4. The fourth-order valence-electron chi connectivity index (χ4n) is 3.24. The number of hydrogen-bond donors (Lipinski definition) is 1. The van der Waals surface area contributed by atoms with Crippen molar-refractivity contribution in [1.29, 1.82) is 0 Å². The molecular weight excluding hydrogens is 868 g/mol. The first-order valence-corrected chi connectivity index (χ1v) is 13.6. The van der Waals surface area contributed by atoms with E-state index >= 15 is 0 Å². The van der Waals surface area contributed by atoms with Gasteiger partial charge in [0.15, 0.2) is 6.61 Å². The van der Waals surface area contributed by atoms with Crippen LogP contribution >= 0.6 is 90.4 Å². The topological polar surface area (TPSA) is 92.8 Å². The summed E-state index contributed by atoms with van der Waals surface area (Å²) < 4.78 is 8.35. The molecule has 1 N–H and O–H groups in total. The smallest absolute Gasteiger partial charge is 0.330 e. The van der Waals surface area contributed by atoms with E-state index in [1.54, 1.807) is 38.1 Å². The third-order valence-electron chi connectivity index (χ3n) is 4.69. The summed E-state index contributed by atoms with van der Waals surface area (Å²) in [5.41, 5.74) is 1.19. The van der Waals surface area contributed by atoms with Gasteiger partial charge in [-0.15, -0.1) is 0 Å². The number of ether oxygens (including phenoxy) is 1. The number of para-hydroxylation sites is 1. The predicted molar refractivity (Wildman–Crippen MR) is 152 cm³/mol. The lowest BCUT2D eigenvalue weighted by Crippen LogP contribution is -2.49. The summed E-state index contributed by atoms with van der Waals surface area (Å²) >= 11 is 8.41. The maximum absolute atomic E-state index is 13.3. The van der Waals surface area contributed by atoms with Crippen LogP contribution < -0.4 is 5.32 Å². The van der Waals surface area contributed by atoms with E-state index in [9.17, 15) is 19.2 Å². The van der Waals surface area contributed by atoms with E-state index in [0.29, 0.717) is 24.0 Å². The molecule has 0 saturated carbocycles. The summed E-state index contributed by atoms with van der Waals surface area (Å²) in [6.07, 6.45) is 0. The molecule has 0 fully saturated rings. The van der Waals surface area contributed by atoms with Gasteiger partial charge in [0.25, 0.3) is 17.7 Å². The molecule has 1 atom stereocenters. The van der Waals surface area contributed by atoms with Crippen LogP contribution in [-0.4, -0.2) is 41.2 Å². The Hall–Kier alpha value is -0.560. The number of amides is 3. The van der Waals surface area contributed by atoms with Crippen molar-refractivity contribution >= 4 is 120 Å². The number of nitrogens with zero attached hydrogens (tertiary/aromatic N) is 1. The Labute approximate surface area is 239 Å². The molecule has 7 nitrogen and oxygen atoms in total. The maximum Gasteiger partial charge on any atom is 0.330 e. The minimum atomic E-state index is -1.14. The second-order valence-corrected chi connectivity index (χ2v) is 11.5. The Morgan fingerprint density at radius 2 is 1.41 bits per heavy atom. The number of hydrogen-bond acceptors (Lipinski definition) is 5. The van der Waals surface area contributed by atoms with Gasteiger partial charge in [-0.1, -0.05) is 32.0 Å².